The number of H-pyrrole nitrogens is 1. The first-order valence-electron chi connectivity index (χ1n) is 8.30. The van der Waals surface area contributed by atoms with E-state index in [9.17, 15) is 14.4 Å². The maximum Gasteiger partial charge on any atom is 0.337 e. The van der Waals surface area contributed by atoms with Gasteiger partial charge in [0, 0.05) is 11.3 Å². The van der Waals surface area contributed by atoms with E-state index in [1.807, 2.05) is 0 Å². The predicted octanol–water partition coefficient (Wildman–Crippen LogP) is 2.17. The molecule has 2 N–H and O–H groups in total. The highest BCUT2D eigenvalue weighted by Gasteiger charge is 2.16. The summed E-state index contributed by atoms with van der Waals surface area (Å²) in [6.07, 6.45) is 3.61. The number of ether oxygens (including phenoxy) is 1. The zero-order chi connectivity index (χ0) is 18.5. The van der Waals surface area contributed by atoms with Crippen molar-refractivity contribution in [3.63, 3.8) is 0 Å². The van der Waals surface area contributed by atoms with Crippen LogP contribution in [0.4, 0.5) is 5.69 Å². The molecule has 0 aliphatic heterocycles. The van der Waals surface area contributed by atoms with Crippen LogP contribution in [0.25, 0.3) is 0 Å². The molecular weight excluding hydrogens is 354 g/mol. The quantitative estimate of drug-likeness (QED) is 0.473. The molecule has 2 aromatic rings. The highest BCUT2D eigenvalue weighted by molar-refractivity contribution is 7.99. The van der Waals surface area contributed by atoms with Gasteiger partial charge in [-0.25, -0.2) is 9.78 Å². The Kier molecular flexibility index (Phi) is 5.72. The summed E-state index contributed by atoms with van der Waals surface area (Å²) in [5.74, 6) is -0.617. The van der Waals surface area contributed by atoms with E-state index in [1.165, 1.54) is 18.9 Å². The maximum absolute atomic E-state index is 12.1. The SMILES string of the molecule is COC(=O)c1cccc(NC(=O)CSc2nc3c(c(=O)[nH]2)CCCC3)c1. The Bertz CT molecular complexity index is 894. The van der Waals surface area contributed by atoms with Gasteiger partial charge in [-0.1, -0.05) is 17.8 Å². The number of aromatic nitrogens is 2. The molecule has 1 amide bonds. The Morgan fingerprint density at radius 1 is 1.31 bits per heavy atom. The van der Waals surface area contributed by atoms with Crippen molar-refractivity contribution in [1.29, 1.82) is 0 Å². The molecule has 0 atom stereocenters. The van der Waals surface area contributed by atoms with E-state index in [-0.39, 0.29) is 17.2 Å². The van der Waals surface area contributed by atoms with Crippen molar-refractivity contribution in [2.24, 2.45) is 0 Å². The van der Waals surface area contributed by atoms with Crippen molar-refractivity contribution in [2.75, 3.05) is 18.2 Å². The van der Waals surface area contributed by atoms with E-state index in [2.05, 4.69) is 20.0 Å². The van der Waals surface area contributed by atoms with E-state index >= 15 is 0 Å². The number of nitrogens with one attached hydrogen (secondary N) is 2. The highest BCUT2D eigenvalue weighted by atomic mass is 32.2. The normalized spacial score (nSPS) is 13.0. The van der Waals surface area contributed by atoms with E-state index in [4.69, 9.17) is 0 Å². The van der Waals surface area contributed by atoms with Gasteiger partial charge in [-0.05, 0) is 43.9 Å². The Labute approximate surface area is 154 Å². The van der Waals surface area contributed by atoms with Crippen LogP contribution >= 0.6 is 11.8 Å². The van der Waals surface area contributed by atoms with Crippen molar-refractivity contribution in [2.45, 2.75) is 30.8 Å². The molecule has 8 heteroatoms. The van der Waals surface area contributed by atoms with Crippen LogP contribution in [0.15, 0.2) is 34.2 Å². The molecular formula is C18H19N3O4S. The number of esters is 1. The Morgan fingerprint density at radius 3 is 2.92 bits per heavy atom. The van der Waals surface area contributed by atoms with Crippen molar-refractivity contribution >= 4 is 29.3 Å². The number of fused-ring (bicyclic) bond motifs is 1. The lowest BCUT2D eigenvalue weighted by Gasteiger charge is -2.14. The molecule has 0 radical (unpaired) electrons. The van der Waals surface area contributed by atoms with Crippen molar-refractivity contribution < 1.29 is 14.3 Å². The molecule has 136 valence electrons. The number of rotatable bonds is 5. The Balaban J connectivity index is 1.62. The van der Waals surface area contributed by atoms with Crippen LogP contribution in [0.1, 0.15) is 34.5 Å². The number of thioether (sulfide) groups is 1. The van der Waals surface area contributed by atoms with Crippen molar-refractivity contribution in [1.82, 2.24) is 9.97 Å². The number of nitrogens with zero attached hydrogens (tertiary/aromatic N) is 1. The third kappa shape index (κ3) is 4.32. The topological polar surface area (TPSA) is 101 Å². The van der Waals surface area contributed by atoms with Crippen LogP contribution in [0.2, 0.25) is 0 Å². The van der Waals surface area contributed by atoms with Crippen molar-refractivity contribution in [3.05, 3.63) is 51.4 Å². The van der Waals surface area contributed by atoms with Crippen LogP contribution < -0.4 is 10.9 Å². The zero-order valence-electron chi connectivity index (χ0n) is 14.3. The number of methoxy groups -OCH3 is 1. The van der Waals surface area contributed by atoms with Gasteiger partial charge < -0.3 is 15.0 Å². The number of aryl methyl sites for hydroxylation is 1. The minimum absolute atomic E-state index is 0.101. The first-order valence-corrected chi connectivity index (χ1v) is 9.28. The van der Waals surface area contributed by atoms with Gasteiger partial charge in [0.05, 0.1) is 24.1 Å². The fourth-order valence-corrected chi connectivity index (χ4v) is 3.50. The number of amides is 1. The van der Waals surface area contributed by atoms with E-state index in [0.29, 0.717) is 16.4 Å². The molecule has 1 aliphatic carbocycles. The first kappa shape index (κ1) is 18.2. The van der Waals surface area contributed by atoms with Gasteiger partial charge in [-0.3, -0.25) is 9.59 Å². The van der Waals surface area contributed by atoms with Gasteiger partial charge in [0.15, 0.2) is 5.16 Å². The lowest BCUT2D eigenvalue weighted by molar-refractivity contribution is -0.113. The van der Waals surface area contributed by atoms with Gasteiger partial charge in [-0.15, -0.1) is 0 Å². The van der Waals surface area contributed by atoms with E-state index in [1.54, 1.807) is 24.3 Å². The van der Waals surface area contributed by atoms with Crippen LogP contribution in [-0.2, 0) is 22.4 Å². The second-order valence-corrected chi connectivity index (χ2v) is 6.88. The predicted molar refractivity (Wildman–Crippen MR) is 98.6 cm³/mol. The molecule has 0 saturated carbocycles. The molecule has 1 aromatic carbocycles. The number of carbonyl (C=O) groups is 2. The minimum Gasteiger partial charge on any atom is -0.465 e. The average Bonchev–Trinajstić information content (AvgIpc) is 2.66. The van der Waals surface area contributed by atoms with Crippen molar-refractivity contribution in [3.8, 4) is 0 Å². The largest absolute Gasteiger partial charge is 0.465 e. The summed E-state index contributed by atoms with van der Waals surface area (Å²) in [5.41, 5.74) is 2.37. The summed E-state index contributed by atoms with van der Waals surface area (Å²) in [7, 11) is 1.30. The molecule has 26 heavy (non-hydrogen) atoms. The van der Waals surface area contributed by atoms with Crippen LogP contribution in [0, 0.1) is 0 Å². The molecule has 0 bridgehead atoms. The fraction of sp³-hybridized carbons (Fsp3) is 0.333. The number of benzene rings is 1. The van der Waals surface area contributed by atoms with Gasteiger partial charge in [-0.2, -0.15) is 0 Å². The second-order valence-electron chi connectivity index (χ2n) is 5.91. The molecule has 3 rings (SSSR count). The van der Waals surface area contributed by atoms with Gasteiger partial charge in [0.2, 0.25) is 5.91 Å². The second kappa shape index (κ2) is 8.18. The van der Waals surface area contributed by atoms with Crippen LogP contribution in [0.3, 0.4) is 0 Å². The van der Waals surface area contributed by atoms with E-state index < -0.39 is 5.97 Å². The zero-order valence-corrected chi connectivity index (χ0v) is 15.1. The first-order chi connectivity index (χ1) is 12.6. The number of hydrogen-bond donors (Lipinski definition) is 2. The molecule has 1 aliphatic rings. The van der Waals surface area contributed by atoms with E-state index in [0.717, 1.165) is 36.9 Å². The van der Waals surface area contributed by atoms with Gasteiger partial charge in [0.1, 0.15) is 0 Å². The molecule has 0 fully saturated rings. The summed E-state index contributed by atoms with van der Waals surface area (Å²) in [6.45, 7) is 0. The minimum atomic E-state index is -0.466. The third-order valence-corrected chi connectivity index (χ3v) is 4.95. The summed E-state index contributed by atoms with van der Waals surface area (Å²) < 4.78 is 4.66. The van der Waals surface area contributed by atoms with Gasteiger partial charge in [0.25, 0.3) is 5.56 Å². The molecule has 0 spiro atoms. The molecule has 7 nitrogen and oxygen atoms in total. The molecule has 1 aromatic heterocycles. The third-order valence-electron chi connectivity index (χ3n) is 4.08. The monoisotopic (exact) mass is 373 g/mol. The number of hydrogen-bond acceptors (Lipinski definition) is 6. The van der Waals surface area contributed by atoms with Crippen LogP contribution in [-0.4, -0.2) is 34.7 Å². The number of anilines is 1. The standard InChI is InChI=1S/C18H19N3O4S/c1-25-17(24)11-5-4-6-12(9-11)19-15(22)10-26-18-20-14-8-3-2-7-13(14)16(23)21-18/h4-6,9H,2-3,7-8,10H2,1H3,(H,19,22)(H,20,21,23). The molecule has 0 saturated heterocycles. The molecule has 0 unspecified atom stereocenters. The fourth-order valence-electron chi connectivity index (χ4n) is 2.82. The smallest absolute Gasteiger partial charge is 0.337 e. The molecule has 1 heterocycles. The number of carbonyl (C=O) groups excluding carboxylic acids is 2. The lowest BCUT2D eigenvalue weighted by atomic mass is 9.97. The Morgan fingerprint density at radius 2 is 2.12 bits per heavy atom. The summed E-state index contributed by atoms with van der Waals surface area (Å²) in [4.78, 5) is 43.0. The average molecular weight is 373 g/mol. The lowest BCUT2D eigenvalue weighted by Crippen LogP contribution is -2.22. The maximum atomic E-state index is 12.1. The van der Waals surface area contributed by atoms with Gasteiger partial charge >= 0.3 is 5.97 Å². The summed E-state index contributed by atoms with van der Waals surface area (Å²) >= 11 is 1.18. The summed E-state index contributed by atoms with van der Waals surface area (Å²) in [5, 5.41) is 3.17. The number of aromatic amines is 1. The summed E-state index contributed by atoms with van der Waals surface area (Å²) in [6, 6.07) is 6.51. The highest BCUT2D eigenvalue weighted by Crippen LogP contribution is 2.19. The van der Waals surface area contributed by atoms with Crippen LogP contribution in [0.5, 0.6) is 0 Å². The Hall–Kier alpha value is -2.61.